The van der Waals surface area contributed by atoms with Crippen LogP contribution in [0.25, 0.3) is 0 Å². The lowest BCUT2D eigenvalue weighted by Gasteiger charge is -2.12. The van der Waals surface area contributed by atoms with Crippen LogP contribution in [0.3, 0.4) is 0 Å². The highest BCUT2D eigenvalue weighted by molar-refractivity contribution is 7.94. The SMILES string of the molecule is Cc1ccc(CNC2C=CS(=O)(=O)C2)c(C)c1. The molecule has 92 valence electrons. The Morgan fingerprint density at radius 2 is 2.12 bits per heavy atom. The zero-order valence-corrected chi connectivity index (χ0v) is 10.9. The monoisotopic (exact) mass is 251 g/mol. The van der Waals surface area contributed by atoms with Gasteiger partial charge in [-0.3, -0.25) is 0 Å². The van der Waals surface area contributed by atoms with E-state index in [1.807, 2.05) is 0 Å². The van der Waals surface area contributed by atoms with Gasteiger partial charge in [-0.25, -0.2) is 8.42 Å². The topological polar surface area (TPSA) is 46.2 Å². The van der Waals surface area contributed by atoms with Gasteiger partial charge in [0.25, 0.3) is 0 Å². The average Bonchev–Trinajstić information content (AvgIpc) is 2.57. The summed E-state index contributed by atoms with van der Waals surface area (Å²) < 4.78 is 22.5. The molecule has 0 fully saturated rings. The molecule has 1 unspecified atom stereocenters. The van der Waals surface area contributed by atoms with Crippen molar-refractivity contribution in [1.82, 2.24) is 5.32 Å². The Kier molecular flexibility index (Phi) is 3.35. The van der Waals surface area contributed by atoms with Crippen LogP contribution in [-0.2, 0) is 16.4 Å². The van der Waals surface area contributed by atoms with Gasteiger partial charge < -0.3 is 5.32 Å². The van der Waals surface area contributed by atoms with E-state index in [4.69, 9.17) is 0 Å². The Balaban J connectivity index is 1.97. The van der Waals surface area contributed by atoms with Crippen LogP contribution in [0.15, 0.2) is 29.7 Å². The Bertz CT molecular complexity index is 547. The molecule has 0 saturated carbocycles. The van der Waals surface area contributed by atoms with Crippen molar-refractivity contribution in [3.63, 3.8) is 0 Å². The molecule has 3 nitrogen and oxygen atoms in total. The maximum atomic E-state index is 11.2. The summed E-state index contributed by atoms with van der Waals surface area (Å²) in [5, 5.41) is 4.55. The smallest absolute Gasteiger partial charge is 0.173 e. The van der Waals surface area contributed by atoms with Gasteiger partial charge in [-0.1, -0.05) is 29.8 Å². The van der Waals surface area contributed by atoms with E-state index in [2.05, 4.69) is 37.4 Å². The van der Waals surface area contributed by atoms with Crippen LogP contribution in [0.2, 0.25) is 0 Å². The van der Waals surface area contributed by atoms with E-state index in [9.17, 15) is 8.42 Å². The third-order valence-electron chi connectivity index (χ3n) is 2.98. The van der Waals surface area contributed by atoms with Crippen molar-refractivity contribution in [3.8, 4) is 0 Å². The molecule has 1 aliphatic heterocycles. The minimum absolute atomic E-state index is 0.0549. The Hall–Kier alpha value is -1.13. The summed E-state index contributed by atoms with van der Waals surface area (Å²) in [5.74, 6) is 0.178. The second kappa shape index (κ2) is 4.63. The van der Waals surface area contributed by atoms with Crippen LogP contribution in [-0.4, -0.2) is 20.2 Å². The third kappa shape index (κ3) is 3.17. The molecule has 1 aliphatic rings. The van der Waals surface area contributed by atoms with Crippen molar-refractivity contribution >= 4 is 9.84 Å². The van der Waals surface area contributed by atoms with E-state index in [1.165, 1.54) is 22.1 Å². The van der Waals surface area contributed by atoms with E-state index in [0.717, 1.165) is 0 Å². The van der Waals surface area contributed by atoms with E-state index in [-0.39, 0.29) is 11.8 Å². The fraction of sp³-hybridized carbons (Fsp3) is 0.385. The molecule has 1 aromatic rings. The summed E-state index contributed by atoms with van der Waals surface area (Å²) in [6.45, 7) is 4.85. The number of hydrogen-bond acceptors (Lipinski definition) is 3. The average molecular weight is 251 g/mol. The zero-order valence-electron chi connectivity index (χ0n) is 10.1. The largest absolute Gasteiger partial charge is 0.305 e. The highest BCUT2D eigenvalue weighted by atomic mass is 32.2. The fourth-order valence-electron chi connectivity index (χ4n) is 1.99. The molecule has 2 rings (SSSR count). The summed E-state index contributed by atoms with van der Waals surface area (Å²) >= 11 is 0. The van der Waals surface area contributed by atoms with E-state index in [1.54, 1.807) is 6.08 Å². The molecule has 17 heavy (non-hydrogen) atoms. The minimum Gasteiger partial charge on any atom is -0.305 e. The van der Waals surface area contributed by atoms with Crippen LogP contribution >= 0.6 is 0 Å². The van der Waals surface area contributed by atoms with Gasteiger partial charge in [0.05, 0.1) is 5.75 Å². The first kappa shape index (κ1) is 12.3. The number of aryl methyl sites for hydroxylation is 2. The fourth-order valence-corrected chi connectivity index (χ4v) is 3.26. The normalized spacial score (nSPS) is 21.9. The van der Waals surface area contributed by atoms with Crippen LogP contribution in [0.5, 0.6) is 0 Å². The van der Waals surface area contributed by atoms with Crippen molar-refractivity contribution in [1.29, 1.82) is 0 Å². The first-order valence-electron chi connectivity index (χ1n) is 5.67. The molecule has 0 radical (unpaired) electrons. The molecule has 0 aliphatic carbocycles. The van der Waals surface area contributed by atoms with Crippen LogP contribution in [0.1, 0.15) is 16.7 Å². The second-order valence-corrected chi connectivity index (χ2v) is 6.51. The van der Waals surface area contributed by atoms with Gasteiger partial charge in [0.1, 0.15) is 0 Å². The molecule has 0 spiro atoms. The highest BCUT2D eigenvalue weighted by Crippen LogP contribution is 2.12. The highest BCUT2D eigenvalue weighted by Gasteiger charge is 2.20. The van der Waals surface area contributed by atoms with Crippen LogP contribution in [0.4, 0.5) is 0 Å². The number of sulfone groups is 1. The Labute approximate surface area is 102 Å². The molecule has 0 aromatic heterocycles. The molecule has 0 saturated heterocycles. The first-order chi connectivity index (χ1) is 7.96. The summed E-state index contributed by atoms with van der Waals surface area (Å²) in [6.07, 6.45) is 1.72. The van der Waals surface area contributed by atoms with Gasteiger partial charge in [-0.05, 0) is 25.0 Å². The standard InChI is InChI=1S/C13H17NO2S/c1-10-3-4-12(11(2)7-10)8-14-13-5-6-17(15,16)9-13/h3-7,13-14H,8-9H2,1-2H3. The lowest BCUT2D eigenvalue weighted by molar-refractivity contribution is 0.590. The van der Waals surface area contributed by atoms with Crippen molar-refractivity contribution in [3.05, 3.63) is 46.4 Å². The number of nitrogens with one attached hydrogen (secondary N) is 1. The van der Waals surface area contributed by atoms with Crippen molar-refractivity contribution < 1.29 is 8.42 Å². The molecule has 1 atom stereocenters. The number of hydrogen-bond donors (Lipinski definition) is 1. The number of benzene rings is 1. The Morgan fingerprint density at radius 1 is 1.35 bits per heavy atom. The first-order valence-corrected chi connectivity index (χ1v) is 7.38. The number of rotatable bonds is 3. The van der Waals surface area contributed by atoms with Gasteiger partial charge in [-0.15, -0.1) is 0 Å². The molecular formula is C13H17NO2S. The predicted octanol–water partition coefficient (Wildman–Crippen LogP) is 1.70. The molecule has 1 heterocycles. The van der Waals surface area contributed by atoms with E-state index < -0.39 is 9.84 Å². The maximum Gasteiger partial charge on any atom is 0.173 e. The van der Waals surface area contributed by atoms with Gasteiger partial charge in [0, 0.05) is 18.0 Å². The summed E-state index contributed by atoms with van der Waals surface area (Å²) in [5.41, 5.74) is 3.70. The lowest BCUT2D eigenvalue weighted by Crippen LogP contribution is -2.29. The quantitative estimate of drug-likeness (QED) is 0.889. The van der Waals surface area contributed by atoms with Crippen LogP contribution in [0, 0.1) is 13.8 Å². The summed E-state index contributed by atoms with van der Waals surface area (Å²) in [4.78, 5) is 0. The van der Waals surface area contributed by atoms with Crippen LogP contribution < -0.4 is 5.32 Å². The molecule has 0 amide bonds. The third-order valence-corrected chi connectivity index (χ3v) is 4.38. The minimum atomic E-state index is -2.96. The summed E-state index contributed by atoms with van der Waals surface area (Å²) in [7, 11) is -2.96. The maximum absolute atomic E-state index is 11.2. The predicted molar refractivity (Wildman–Crippen MR) is 69.5 cm³/mol. The molecule has 0 bridgehead atoms. The van der Waals surface area contributed by atoms with Crippen molar-refractivity contribution in [2.24, 2.45) is 0 Å². The molecule has 1 N–H and O–H groups in total. The second-order valence-electron chi connectivity index (χ2n) is 4.58. The molecule has 1 aromatic carbocycles. The summed E-state index contributed by atoms with van der Waals surface area (Å²) in [6, 6.07) is 6.25. The van der Waals surface area contributed by atoms with E-state index in [0.29, 0.717) is 6.54 Å². The zero-order chi connectivity index (χ0) is 12.5. The van der Waals surface area contributed by atoms with Gasteiger partial charge in [0.2, 0.25) is 0 Å². The van der Waals surface area contributed by atoms with Gasteiger partial charge in [-0.2, -0.15) is 0 Å². The molecular weight excluding hydrogens is 234 g/mol. The van der Waals surface area contributed by atoms with Gasteiger partial charge in [0.15, 0.2) is 9.84 Å². The van der Waals surface area contributed by atoms with Crippen molar-refractivity contribution in [2.45, 2.75) is 26.4 Å². The molecule has 4 heteroatoms. The van der Waals surface area contributed by atoms with E-state index >= 15 is 0 Å². The Morgan fingerprint density at radius 3 is 2.71 bits per heavy atom. The lowest BCUT2D eigenvalue weighted by atomic mass is 10.1. The van der Waals surface area contributed by atoms with Crippen molar-refractivity contribution in [2.75, 3.05) is 5.75 Å². The van der Waals surface area contributed by atoms with Gasteiger partial charge >= 0.3 is 0 Å².